The van der Waals surface area contributed by atoms with E-state index in [1.54, 1.807) is 32.6 Å². The predicted octanol–water partition coefficient (Wildman–Crippen LogP) is 2.13. The van der Waals surface area contributed by atoms with Gasteiger partial charge in [-0.1, -0.05) is 0 Å². The summed E-state index contributed by atoms with van der Waals surface area (Å²) >= 11 is 0. The number of rotatable bonds is 9. The van der Waals surface area contributed by atoms with Gasteiger partial charge in [0.15, 0.2) is 0 Å². The molecule has 0 unspecified atom stereocenters. The maximum absolute atomic E-state index is 15.7. The van der Waals surface area contributed by atoms with E-state index in [0.29, 0.717) is 49.6 Å². The van der Waals surface area contributed by atoms with Crippen LogP contribution >= 0.6 is 0 Å². The first-order chi connectivity index (χ1) is 24.4. The van der Waals surface area contributed by atoms with Crippen LogP contribution in [-0.4, -0.2) is 103 Å². The number of hydrogen-bond donors (Lipinski definition) is 3. The van der Waals surface area contributed by atoms with Gasteiger partial charge in [-0.05, 0) is 49.7 Å². The van der Waals surface area contributed by atoms with Crippen molar-refractivity contribution in [1.29, 1.82) is 0 Å². The van der Waals surface area contributed by atoms with E-state index < -0.39 is 46.7 Å². The molecule has 3 saturated heterocycles. The molecule has 4 heterocycles. The van der Waals surface area contributed by atoms with Crippen LogP contribution in [0.3, 0.4) is 0 Å². The number of aromatic carboxylic acids is 1. The van der Waals surface area contributed by atoms with Crippen molar-refractivity contribution in [2.75, 3.05) is 73.6 Å². The van der Waals surface area contributed by atoms with Crippen LogP contribution < -0.4 is 31.2 Å². The van der Waals surface area contributed by atoms with Crippen LogP contribution in [0.4, 0.5) is 30.6 Å². The van der Waals surface area contributed by atoms with E-state index in [1.165, 1.54) is 24.1 Å². The van der Waals surface area contributed by atoms with Gasteiger partial charge in [-0.2, -0.15) is 0 Å². The number of benzene rings is 2. The number of carboxylic acids is 1. The Balaban J connectivity index is 1.02. The van der Waals surface area contributed by atoms with Crippen LogP contribution in [0, 0.1) is 23.5 Å². The molecule has 0 radical (unpaired) electrons. The van der Waals surface area contributed by atoms with Crippen molar-refractivity contribution >= 4 is 51.8 Å². The molecule has 1 aromatic heterocycles. The molecule has 0 spiro atoms. The fourth-order valence-electron chi connectivity index (χ4n) is 7.41. The van der Waals surface area contributed by atoms with Crippen molar-refractivity contribution in [2.45, 2.75) is 31.9 Å². The number of carboxylic acid groups (broad SMARTS) is 1. The minimum absolute atomic E-state index is 0.0000787. The van der Waals surface area contributed by atoms with Gasteiger partial charge in [0, 0.05) is 69.7 Å². The number of nitrogens with zero attached hydrogens (tertiary/aromatic N) is 5. The SMILES string of the molecule is CC(=O)NC[C@@H]1CN(c2ccc(N3CCN(C(=O)[C@@H]4CN(c5cc6c(cc5F)c(=O)c(C(=O)O)cn6C5CC5)C[C@H]4CN)CC3)c(F)c2)C(=O)O1. The zero-order valence-electron chi connectivity index (χ0n) is 28.0. The van der Waals surface area contributed by atoms with Crippen molar-refractivity contribution in [3.05, 3.63) is 63.9 Å². The van der Waals surface area contributed by atoms with Gasteiger partial charge >= 0.3 is 12.1 Å². The number of carbonyl (C=O) groups excluding carboxylic acids is 3. The number of pyridine rings is 1. The molecule has 0 bridgehead atoms. The lowest BCUT2D eigenvalue weighted by molar-refractivity contribution is -0.136. The van der Waals surface area contributed by atoms with Crippen molar-refractivity contribution in [1.82, 2.24) is 14.8 Å². The number of piperazine rings is 1. The Morgan fingerprint density at radius 3 is 2.33 bits per heavy atom. The summed E-state index contributed by atoms with van der Waals surface area (Å²) in [5, 5.41) is 12.2. The van der Waals surface area contributed by atoms with Gasteiger partial charge in [-0.15, -0.1) is 0 Å². The van der Waals surface area contributed by atoms with E-state index in [4.69, 9.17) is 10.5 Å². The maximum Gasteiger partial charge on any atom is 0.414 e. The number of aromatic nitrogens is 1. The summed E-state index contributed by atoms with van der Waals surface area (Å²) in [6.45, 7) is 3.84. The first kappa shape index (κ1) is 34.2. The van der Waals surface area contributed by atoms with Gasteiger partial charge in [-0.3, -0.25) is 19.3 Å². The van der Waals surface area contributed by atoms with Gasteiger partial charge in [0.25, 0.3) is 0 Å². The Labute approximate surface area is 291 Å². The molecule has 3 amide bonds. The lowest BCUT2D eigenvalue weighted by Crippen LogP contribution is -2.52. The number of ether oxygens (including phenoxy) is 1. The first-order valence-electron chi connectivity index (χ1n) is 17.1. The van der Waals surface area contributed by atoms with Crippen molar-refractivity contribution in [3.8, 4) is 0 Å². The van der Waals surface area contributed by atoms with E-state index in [1.807, 2.05) is 4.90 Å². The topological polar surface area (TPSA) is 171 Å². The Hall–Kier alpha value is -5.25. The molecule has 270 valence electrons. The molecule has 3 atom stereocenters. The molecule has 4 aliphatic rings. The third-order valence-electron chi connectivity index (χ3n) is 10.3. The molecule has 7 rings (SSSR count). The van der Waals surface area contributed by atoms with Gasteiger partial charge in [-0.25, -0.2) is 18.4 Å². The van der Waals surface area contributed by atoms with E-state index in [9.17, 15) is 29.1 Å². The number of halogens is 2. The van der Waals surface area contributed by atoms with Gasteiger partial charge < -0.3 is 40.2 Å². The molecule has 2 aromatic carbocycles. The van der Waals surface area contributed by atoms with Crippen LogP contribution in [-0.2, 0) is 14.3 Å². The Bertz CT molecular complexity index is 1980. The summed E-state index contributed by atoms with van der Waals surface area (Å²) in [5.41, 5.74) is 6.33. The Morgan fingerprint density at radius 2 is 1.69 bits per heavy atom. The second-order valence-electron chi connectivity index (χ2n) is 13.6. The summed E-state index contributed by atoms with van der Waals surface area (Å²) in [5.74, 6) is -3.70. The fourth-order valence-corrected chi connectivity index (χ4v) is 7.41. The normalized spacial score (nSPS) is 22.1. The number of nitrogens with two attached hydrogens (primary N) is 1. The molecular formula is C35H39F2N7O7. The average Bonchev–Trinajstić information content (AvgIpc) is 3.75. The Morgan fingerprint density at radius 1 is 0.961 bits per heavy atom. The summed E-state index contributed by atoms with van der Waals surface area (Å²) < 4.78 is 38.1. The molecule has 3 aliphatic heterocycles. The minimum Gasteiger partial charge on any atom is -0.477 e. The third kappa shape index (κ3) is 6.55. The average molecular weight is 708 g/mol. The summed E-state index contributed by atoms with van der Waals surface area (Å²) in [7, 11) is 0. The van der Waals surface area contributed by atoms with Crippen molar-refractivity contribution in [3.63, 3.8) is 0 Å². The van der Waals surface area contributed by atoms with Crippen molar-refractivity contribution < 1.29 is 37.8 Å². The Kier molecular flexibility index (Phi) is 9.03. The zero-order chi connectivity index (χ0) is 36.1. The van der Waals surface area contributed by atoms with E-state index in [2.05, 4.69) is 5.32 Å². The second kappa shape index (κ2) is 13.5. The molecule has 14 nitrogen and oxygen atoms in total. The van der Waals surface area contributed by atoms with Gasteiger partial charge in [0.05, 0.1) is 41.6 Å². The lowest BCUT2D eigenvalue weighted by atomic mass is 9.94. The van der Waals surface area contributed by atoms with Crippen LogP contribution in [0.15, 0.2) is 41.3 Å². The highest BCUT2D eigenvalue weighted by atomic mass is 19.1. The zero-order valence-corrected chi connectivity index (χ0v) is 28.0. The largest absolute Gasteiger partial charge is 0.477 e. The molecule has 1 saturated carbocycles. The number of nitrogens with one attached hydrogen (secondary N) is 1. The van der Waals surface area contributed by atoms with Gasteiger partial charge in [0.2, 0.25) is 17.2 Å². The molecule has 51 heavy (non-hydrogen) atoms. The number of carbonyl (C=O) groups is 4. The quantitative estimate of drug-likeness (QED) is 0.300. The first-order valence-corrected chi connectivity index (χ1v) is 17.1. The second-order valence-corrected chi connectivity index (χ2v) is 13.6. The smallest absolute Gasteiger partial charge is 0.414 e. The number of anilines is 3. The highest BCUT2D eigenvalue weighted by Crippen LogP contribution is 2.39. The molecule has 1 aliphatic carbocycles. The molecule has 4 N–H and O–H groups in total. The molecular weight excluding hydrogens is 668 g/mol. The number of hydrogen-bond acceptors (Lipinski definition) is 9. The lowest BCUT2D eigenvalue weighted by Gasteiger charge is -2.38. The minimum atomic E-state index is -1.36. The fraction of sp³-hybridized carbons (Fsp3) is 0.457. The molecule has 3 aromatic rings. The summed E-state index contributed by atoms with van der Waals surface area (Å²) in [4.78, 5) is 68.8. The van der Waals surface area contributed by atoms with Gasteiger partial charge in [0.1, 0.15) is 23.3 Å². The van der Waals surface area contributed by atoms with E-state index >= 15 is 8.78 Å². The van der Waals surface area contributed by atoms with Crippen molar-refractivity contribution in [2.24, 2.45) is 17.6 Å². The third-order valence-corrected chi connectivity index (χ3v) is 10.3. The van der Waals surface area contributed by atoms with E-state index in [-0.39, 0.29) is 61.0 Å². The van der Waals surface area contributed by atoms with Crippen LogP contribution in [0.25, 0.3) is 10.9 Å². The number of fused-ring (bicyclic) bond motifs is 1. The number of cyclic esters (lactones) is 1. The molecule has 16 heteroatoms. The van der Waals surface area contributed by atoms with E-state index in [0.717, 1.165) is 18.9 Å². The van der Waals surface area contributed by atoms with Crippen LogP contribution in [0.5, 0.6) is 0 Å². The standard InChI is InChI=1S/C35H39F2N7O7/c1-19(45)39-14-23-16-44(35(50)51-23)22-4-5-29(27(36)10-22)40-6-8-41(9-7-40)33(47)25-17-42(15-20(25)13-38)31-12-30-24(11-28(31)37)32(46)26(34(48)49)18-43(30)21-2-3-21/h4-5,10-12,18,20-21,23,25H,2-3,6-9,13-17,38H2,1H3,(H,39,45)(H,48,49)/t20-,23-,25-/m1/s1. The maximum atomic E-state index is 15.7. The summed E-state index contributed by atoms with van der Waals surface area (Å²) in [6, 6.07) is 7.20. The molecule has 4 fully saturated rings. The van der Waals surface area contributed by atoms with Crippen LogP contribution in [0.1, 0.15) is 36.2 Å². The highest BCUT2D eigenvalue weighted by Gasteiger charge is 2.41. The highest BCUT2D eigenvalue weighted by molar-refractivity contribution is 5.94. The van der Waals surface area contributed by atoms with Crippen LogP contribution in [0.2, 0.25) is 0 Å². The number of amides is 3. The summed E-state index contributed by atoms with van der Waals surface area (Å²) in [6.07, 6.45) is 1.81. The predicted molar refractivity (Wildman–Crippen MR) is 183 cm³/mol. The monoisotopic (exact) mass is 707 g/mol.